The third kappa shape index (κ3) is 3.99. The summed E-state index contributed by atoms with van der Waals surface area (Å²) in [5.41, 5.74) is 6.26. The third-order valence-corrected chi connectivity index (χ3v) is 2.72. The molecule has 6 nitrogen and oxygen atoms in total. The minimum Gasteiger partial charge on any atom is -0.468 e. The van der Waals surface area contributed by atoms with E-state index in [1.54, 1.807) is 13.0 Å². The van der Waals surface area contributed by atoms with Gasteiger partial charge in [0.15, 0.2) is 0 Å². The normalized spacial score (nSPS) is 9.79. The lowest BCUT2D eigenvalue weighted by atomic mass is 10.2. The number of likely N-dealkylation sites (N-methyl/N-ethyl adjacent to an activating group) is 1. The minimum atomic E-state index is -0.477. The fraction of sp³-hybridized carbons (Fsp3) is 0.333. The van der Waals surface area contributed by atoms with Crippen LogP contribution in [-0.4, -0.2) is 46.9 Å². The van der Waals surface area contributed by atoms with Crippen LogP contribution in [0.5, 0.6) is 0 Å². The molecule has 102 valence electrons. The quantitative estimate of drug-likeness (QED) is 0.619. The summed E-state index contributed by atoms with van der Waals surface area (Å²) in [6.45, 7) is 2.04. The number of amides is 1. The molecule has 0 aliphatic rings. The topological polar surface area (TPSA) is 85.5 Å². The summed E-state index contributed by atoms with van der Waals surface area (Å²) < 4.78 is 4.53. The Morgan fingerprint density at radius 1 is 1.47 bits per heavy atom. The van der Waals surface area contributed by atoms with Crippen molar-refractivity contribution in [3.05, 3.63) is 29.6 Å². The molecule has 0 atom stereocenters. The van der Waals surface area contributed by atoms with Crippen LogP contribution in [0.3, 0.4) is 0 Å². The molecule has 1 heterocycles. The van der Waals surface area contributed by atoms with Gasteiger partial charge in [0.2, 0.25) is 0 Å². The number of rotatable bonds is 5. The van der Waals surface area contributed by atoms with Crippen molar-refractivity contribution in [1.82, 2.24) is 9.88 Å². The van der Waals surface area contributed by atoms with Gasteiger partial charge in [-0.1, -0.05) is 12.2 Å². The molecule has 7 heteroatoms. The number of aromatic nitrogens is 1. The molecule has 1 aromatic heterocycles. The molecule has 0 saturated carbocycles. The van der Waals surface area contributed by atoms with Crippen LogP contribution in [0.4, 0.5) is 0 Å². The number of carbonyl (C=O) groups is 2. The predicted octanol–water partition coefficient (Wildman–Crippen LogP) is 0.351. The van der Waals surface area contributed by atoms with Gasteiger partial charge in [0, 0.05) is 18.3 Å². The van der Waals surface area contributed by atoms with E-state index in [9.17, 15) is 9.59 Å². The molecule has 2 N–H and O–H groups in total. The third-order valence-electron chi connectivity index (χ3n) is 2.48. The van der Waals surface area contributed by atoms with Crippen LogP contribution >= 0.6 is 12.2 Å². The molecule has 0 aliphatic carbocycles. The first-order valence-corrected chi connectivity index (χ1v) is 6.02. The highest BCUT2D eigenvalue weighted by atomic mass is 32.1. The predicted molar refractivity (Wildman–Crippen MR) is 73.7 cm³/mol. The Labute approximate surface area is 116 Å². The maximum atomic E-state index is 12.1. The summed E-state index contributed by atoms with van der Waals surface area (Å²) in [6.07, 6.45) is 1.43. The highest BCUT2D eigenvalue weighted by molar-refractivity contribution is 7.80. The van der Waals surface area contributed by atoms with E-state index in [4.69, 9.17) is 18.0 Å². The Morgan fingerprint density at radius 3 is 2.58 bits per heavy atom. The fourth-order valence-corrected chi connectivity index (χ4v) is 1.50. The van der Waals surface area contributed by atoms with E-state index < -0.39 is 5.97 Å². The van der Waals surface area contributed by atoms with Gasteiger partial charge in [0.25, 0.3) is 5.91 Å². The lowest BCUT2D eigenvalue weighted by molar-refractivity contribution is -0.141. The molecular formula is C12H15N3O3S. The van der Waals surface area contributed by atoms with Crippen LogP contribution in [0.2, 0.25) is 0 Å². The molecule has 19 heavy (non-hydrogen) atoms. The zero-order chi connectivity index (χ0) is 14.4. The summed E-state index contributed by atoms with van der Waals surface area (Å²) >= 11 is 4.80. The van der Waals surface area contributed by atoms with Gasteiger partial charge >= 0.3 is 5.97 Å². The first kappa shape index (κ1) is 15.0. The standard InChI is InChI=1S/C12H15N3O3S/c1-3-15(7-10(16)18-2)12(17)9-5-4-8(6-14-9)11(13)19/h4-6H,3,7H2,1-2H3,(H2,13,19). The maximum Gasteiger partial charge on any atom is 0.325 e. The van der Waals surface area contributed by atoms with Crippen molar-refractivity contribution >= 4 is 29.1 Å². The van der Waals surface area contributed by atoms with Crippen molar-refractivity contribution in [1.29, 1.82) is 0 Å². The number of pyridine rings is 1. The summed E-state index contributed by atoms with van der Waals surface area (Å²) in [5, 5.41) is 0. The monoisotopic (exact) mass is 281 g/mol. The van der Waals surface area contributed by atoms with E-state index in [0.29, 0.717) is 12.1 Å². The van der Waals surface area contributed by atoms with Gasteiger partial charge in [-0.15, -0.1) is 0 Å². The zero-order valence-electron chi connectivity index (χ0n) is 10.8. The average molecular weight is 281 g/mol. The first-order chi connectivity index (χ1) is 8.99. The second kappa shape index (κ2) is 6.79. The van der Waals surface area contributed by atoms with Gasteiger partial charge in [0.1, 0.15) is 17.2 Å². The van der Waals surface area contributed by atoms with Crippen molar-refractivity contribution in [3.8, 4) is 0 Å². The maximum absolute atomic E-state index is 12.1. The van der Waals surface area contributed by atoms with Gasteiger partial charge in [0.05, 0.1) is 7.11 Å². The lowest BCUT2D eigenvalue weighted by Gasteiger charge is -2.18. The first-order valence-electron chi connectivity index (χ1n) is 5.61. The van der Waals surface area contributed by atoms with Crippen LogP contribution in [0.1, 0.15) is 23.0 Å². The van der Waals surface area contributed by atoms with Crippen LogP contribution < -0.4 is 5.73 Å². The molecule has 0 fully saturated rings. The molecule has 0 unspecified atom stereocenters. The summed E-state index contributed by atoms with van der Waals surface area (Å²) in [5.74, 6) is -0.822. The summed E-state index contributed by atoms with van der Waals surface area (Å²) in [4.78, 5) is 28.8. The number of carbonyl (C=O) groups excluding carboxylic acids is 2. The minimum absolute atomic E-state index is 0.107. The van der Waals surface area contributed by atoms with E-state index in [2.05, 4.69) is 9.72 Å². The molecular weight excluding hydrogens is 266 g/mol. The molecule has 1 amide bonds. The molecule has 1 aromatic rings. The Balaban J connectivity index is 2.85. The average Bonchev–Trinajstić information content (AvgIpc) is 2.43. The number of ether oxygens (including phenoxy) is 1. The van der Waals surface area contributed by atoms with Gasteiger partial charge in [-0.25, -0.2) is 0 Å². The Bertz CT molecular complexity index is 487. The SMILES string of the molecule is CCN(CC(=O)OC)C(=O)c1ccc(C(N)=S)cn1. The van der Waals surface area contributed by atoms with Crippen molar-refractivity contribution in [3.63, 3.8) is 0 Å². The molecule has 0 bridgehead atoms. The largest absolute Gasteiger partial charge is 0.468 e. The molecule has 0 spiro atoms. The Hall–Kier alpha value is -2.02. The number of thiocarbonyl (C=S) groups is 1. The molecule has 0 aliphatic heterocycles. The van der Waals surface area contributed by atoms with E-state index >= 15 is 0 Å². The van der Waals surface area contributed by atoms with Crippen LogP contribution in [0.15, 0.2) is 18.3 Å². The van der Waals surface area contributed by atoms with E-state index in [0.717, 1.165) is 0 Å². The number of hydrogen-bond donors (Lipinski definition) is 1. The van der Waals surface area contributed by atoms with Crippen molar-refractivity contribution in [2.24, 2.45) is 5.73 Å². The molecule has 0 saturated heterocycles. The number of esters is 1. The highest BCUT2D eigenvalue weighted by Gasteiger charge is 2.18. The zero-order valence-corrected chi connectivity index (χ0v) is 11.6. The van der Waals surface area contributed by atoms with Crippen molar-refractivity contribution < 1.29 is 14.3 Å². The summed E-state index contributed by atoms with van der Waals surface area (Å²) in [6, 6.07) is 3.14. The van der Waals surface area contributed by atoms with E-state index in [-0.39, 0.29) is 23.1 Å². The van der Waals surface area contributed by atoms with Crippen molar-refractivity contribution in [2.75, 3.05) is 20.2 Å². The lowest BCUT2D eigenvalue weighted by Crippen LogP contribution is -2.36. The van der Waals surface area contributed by atoms with Crippen molar-refractivity contribution in [2.45, 2.75) is 6.92 Å². The van der Waals surface area contributed by atoms with Gasteiger partial charge < -0.3 is 15.4 Å². The highest BCUT2D eigenvalue weighted by Crippen LogP contribution is 2.04. The molecule has 0 aromatic carbocycles. The fourth-order valence-electron chi connectivity index (χ4n) is 1.38. The van der Waals surface area contributed by atoms with E-state index in [1.165, 1.54) is 24.3 Å². The molecule has 0 radical (unpaired) electrons. The smallest absolute Gasteiger partial charge is 0.325 e. The second-order valence-electron chi connectivity index (χ2n) is 3.69. The van der Waals surface area contributed by atoms with Gasteiger partial charge in [-0.3, -0.25) is 14.6 Å². The second-order valence-corrected chi connectivity index (χ2v) is 4.13. The van der Waals surface area contributed by atoms with Crippen LogP contribution in [0, 0.1) is 0 Å². The van der Waals surface area contributed by atoms with Gasteiger partial charge in [-0.05, 0) is 19.1 Å². The Kier molecular flexibility index (Phi) is 5.37. The molecule has 1 rings (SSSR count). The van der Waals surface area contributed by atoms with Gasteiger partial charge in [-0.2, -0.15) is 0 Å². The number of nitrogens with zero attached hydrogens (tertiary/aromatic N) is 2. The summed E-state index contributed by atoms with van der Waals surface area (Å²) in [7, 11) is 1.27. The Morgan fingerprint density at radius 2 is 2.16 bits per heavy atom. The number of hydrogen-bond acceptors (Lipinski definition) is 5. The van der Waals surface area contributed by atoms with E-state index in [1.807, 2.05) is 0 Å². The number of nitrogens with two attached hydrogens (primary N) is 1. The number of methoxy groups -OCH3 is 1. The van der Waals surface area contributed by atoms with Crippen LogP contribution in [0.25, 0.3) is 0 Å². The van der Waals surface area contributed by atoms with Crippen LogP contribution in [-0.2, 0) is 9.53 Å².